The fourth-order valence-corrected chi connectivity index (χ4v) is 3.51. The van der Waals surface area contributed by atoms with Gasteiger partial charge in [-0.25, -0.2) is 0 Å². The van der Waals surface area contributed by atoms with Crippen molar-refractivity contribution in [1.82, 2.24) is 14.8 Å². The minimum Gasteiger partial charge on any atom is -0.374 e. The van der Waals surface area contributed by atoms with Crippen LogP contribution < -0.4 is 0 Å². The smallest absolute Gasteiger partial charge is 0.227 e. The molecular formula is C17H23N3O3. The highest BCUT2D eigenvalue weighted by Gasteiger charge is 2.36. The van der Waals surface area contributed by atoms with Crippen LogP contribution in [0.2, 0.25) is 0 Å². The van der Waals surface area contributed by atoms with Gasteiger partial charge in [0.1, 0.15) is 0 Å². The Balaban J connectivity index is 1.63. The lowest BCUT2D eigenvalue weighted by Crippen LogP contribution is -2.52. The molecule has 0 aliphatic carbocycles. The standard InChI is InChI=1S/C17H23N3O3/c1-13(21)20-9-10-23-16-5-8-19(7-4-15(16)20)17(22)11-14-3-2-6-18-12-14/h2-3,6,12,15-16H,4-5,7-11H2,1H3. The number of hydrogen-bond acceptors (Lipinski definition) is 4. The third-order valence-corrected chi connectivity index (χ3v) is 4.71. The van der Waals surface area contributed by atoms with E-state index in [2.05, 4.69) is 4.98 Å². The molecule has 2 atom stereocenters. The summed E-state index contributed by atoms with van der Waals surface area (Å²) in [5, 5.41) is 0. The number of pyridine rings is 1. The Hall–Kier alpha value is -1.95. The first-order valence-electron chi connectivity index (χ1n) is 8.20. The van der Waals surface area contributed by atoms with Gasteiger partial charge in [0.15, 0.2) is 0 Å². The Kier molecular flexibility index (Phi) is 4.91. The third-order valence-electron chi connectivity index (χ3n) is 4.71. The van der Waals surface area contributed by atoms with Crippen molar-refractivity contribution in [2.45, 2.75) is 38.3 Å². The Morgan fingerprint density at radius 2 is 2.13 bits per heavy atom. The van der Waals surface area contributed by atoms with Crippen LogP contribution in [0.5, 0.6) is 0 Å². The molecule has 0 radical (unpaired) electrons. The lowest BCUT2D eigenvalue weighted by atomic mass is 10.0. The zero-order valence-corrected chi connectivity index (χ0v) is 13.5. The number of ether oxygens (including phenoxy) is 1. The summed E-state index contributed by atoms with van der Waals surface area (Å²) in [7, 11) is 0. The molecule has 2 fully saturated rings. The summed E-state index contributed by atoms with van der Waals surface area (Å²) in [5.41, 5.74) is 0.931. The van der Waals surface area contributed by atoms with E-state index in [1.165, 1.54) is 0 Å². The minimum absolute atomic E-state index is 0.0452. The molecule has 2 saturated heterocycles. The molecule has 1 aromatic rings. The summed E-state index contributed by atoms with van der Waals surface area (Å²) in [6, 6.07) is 3.86. The summed E-state index contributed by atoms with van der Waals surface area (Å²) in [6.45, 7) is 4.21. The zero-order chi connectivity index (χ0) is 16.2. The number of rotatable bonds is 2. The van der Waals surface area contributed by atoms with E-state index in [4.69, 9.17) is 4.74 Å². The molecule has 2 amide bonds. The molecule has 3 heterocycles. The van der Waals surface area contributed by atoms with E-state index in [0.717, 1.165) is 18.4 Å². The number of amides is 2. The quantitative estimate of drug-likeness (QED) is 0.812. The van der Waals surface area contributed by atoms with Gasteiger partial charge in [-0.1, -0.05) is 6.07 Å². The first kappa shape index (κ1) is 15.9. The van der Waals surface area contributed by atoms with Gasteiger partial charge in [0.2, 0.25) is 11.8 Å². The molecule has 6 heteroatoms. The Morgan fingerprint density at radius 1 is 1.30 bits per heavy atom. The van der Waals surface area contributed by atoms with Crippen LogP contribution in [0.1, 0.15) is 25.3 Å². The first-order chi connectivity index (χ1) is 11.1. The van der Waals surface area contributed by atoms with Crippen LogP contribution in [-0.2, 0) is 20.7 Å². The first-order valence-corrected chi connectivity index (χ1v) is 8.20. The van der Waals surface area contributed by atoms with Crippen molar-refractivity contribution in [2.75, 3.05) is 26.2 Å². The van der Waals surface area contributed by atoms with E-state index in [1.807, 2.05) is 21.9 Å². The second-order valence-corrected chi connectivity index (χ2v) is 6.19. The number of aromatic nitrogens is 1. The summed E-state index contributed by atoms with van der Waals surface area (Å²) in [5.74, 6) is 0.212. The topological polar surface area (TPSA) is 62.7 Å². The van der Waals surface area contributed by atoms with Crippen LogP contribution in [0.3, 0.4) is 0 Å². The Labute approximate surface area is 136 Å². The van der Waals surface area contributed by atoms with Gasteiger partial charge in [0.25, 0.3) is 0 Å². The second-order valence-electron chi connectivity index (χ2n) is 6.19. The maximum atomic E-state index is 12.5. The van der Waals surface area contributed by atoms with Crippen LogP contribution in [-0.4, -0.2) is 65.0 Å². The molecule has 124 valence electrons. The largest absolute Gasteiger partial charge is 0.374 e. The highest BCUT2D eigenvalue weighted by molar-refractivity contribution is 5.78. The van der Waals surface area contributed by atoms with Gasteiger partial charge in [-0.15, -0.1) is 0 Å². The molecule has 0 N–H and O–H groups in total. The van der Waals surface area contributed by atoms with Gasteiger partial charge in [-0.05, 0) is 24.5 Å². The van der Waals surface area contributed by atoms with Crippen molar-refractivity contribution in [3.05, 3.63) is 30.1 Å². The molecule has 23 heavy (non-hydrogen) atoms. The van der Waals surface area contributed by atoms with Crippen LogP contribution >= 0.6 is 0 Å². The number of carbonyl (C=O) groups is 2. The molecule has 2 unspecified atom stereocenters. The van der Waals surface area contributed by atoms with Crippen molar-refractivity contribution in [3.63, 3.8) is 0 Å². The molecule has 2 aliphatic heterocycles. The van der Waals surface area contributed by atoms with Gasteiger partial charge in [0, 0.05) is 39.0 Å². The van der Waals surface area contributed by atoms with Crippen LogP contribution in [0.4, 0.5) is 0 Å². The molecule has 0 saturated carbocycles. The fourth-order valence-electron chi connectivity index (χ4n) is 3.51. The molecule has 6 nitrogen and oxygen atoms in total. The number of carbonyl (C=O) groups excluding carboxylic acids is 2. The average molecular weight is 317 g/mol. The average Bonchev–Trinajstić information content (AvgIpc) is 2.78. The SMILES string of the molecule is CC(=O)N1CCOC2CCN(C(=O)Cc3cccnc3)CCC21. The van der Waals surface area contributed by atoms with Crippen molar-refractivity contribution < 1.29 is 14.3 Å². The van der Waals surface area contributed by atoms with E-state index in [0.29, 0.717) is 32.7 Å². The number of nitrogens with zero attached hydrogens (tertiary/aromatic N) is 3. The monoisotopic (exact) mass is 317 g/mol. The number of hydrogen-bond donors (Lipinski definition) is 0. The van der Waals surface area contributed by atoms with Crippen molar-refractivity contribution in [3.8, 4) is 0 Å². The van der Waals surface area contributed by atoms with Crippen molar-refractivity contribution >= 4 is 11.8 Å². The minimum atomic E-state index is 0.0452. The highest BCUT2D eigenvalue weighted by Crippen LogP contribution is 2.24. The van der Waals surface area contributed by atoms with Gasteiger partial charge in [0.05, 0.1) is 25.2 Å². The summed E-state index contributed by atoms with van der Waals surface area (Å²) in [6.07, 6.45) is 5.43. The highest BCUT2D eigenvalue weighted by atomic mass is 16.5. The number of fused-ring (bicyclic) bond motifs is 1. The Morgan fingerprint density at radius 3 is 2.87 bits per heavy atom. The summed E-state index contributed by atoms with van der Waals surface area (Å²) in [4.78, 5) is 32.2. The molecule has 1 aromatic heterocycles. The maximum Gasteiger partial charge on any atom is 0.227 e. The molecule has 3 rings (SSSR count). The van der Waals surface area contributed by atoms with Crippen LogP contribution in [0, 0.1) is 0 Å². The molecular weight excluding hydrogens is 294 g/mol. The molecule has 0 bridgehead atoms. The van der Waals surface area contributed by atoms with E-state index in [9.17, 15) is 9.59 Å². The van der Waals surface area contributed by atoms with Crippen molar-refractivity contribution in [1.29, 1.82) is 0 Å². The van der Waals surface area contributed by atoms with E-state index in [1.54, 1.807) is 19.3 Å². The maximum absolute atomic E-state index is 12.5. The summed E-state index contributed by atoms with van der Waals surface area (Å²) < 4.78 is 5.85. The van der Waals surface area contributed by atoms with Gasteiger partial charge < -0.3 is 14.5 Å². The molecule has 0 spiro atoms. The van der Waals surface area contributed by atoms with Crippen LogP contribution in [0.25, 0.3) is 0 Å². The van der Waals surface area contributed by atoms with Gasteiger partial charge in [-0.2, -0.15) is 0 Å². The Bertz CT molecular complexity index is 563. The number of likely N-dealkylation sites (tertiary alicyclic amines) is 1. The van der Waals surface area contributed by atoms with E-state index >= 15 is 0 Å². The van der Waals surface area contributed by atoms with Gasteiger partial charge in [-0.3, -0.25) is 14.6 Å². The number of morpholine rings is 1. The molecule has 2 aliphatic rings. The molecule has 0 aromatic carbocycles. The lowest BCUT2D eigenvalue weighted by Gasteiger charge is -2.39. The van der Waals surface area contributed by atoms with Crippen molar-refractivity contribution in [2.24, 2.45) is 0 Å². The van der Waals surface area contributed by atoms with Gasteiger partial charge >= 0.3 is 0 Å². The van der Waals surface area contributed by atoms with Crippen LogP contribution in [0.15, 0.2) is 24.5 Å². The lowest BCUT2D eigenvalue weighted by molar-refractivity contribution is -0.144. The summed E-state index contributed by atoms with van der Waals surface area (Å²) >= 11 is 0. The predicted octanol–water partition coefficient (Wildman–Crippen LogP) is 0.862. The zero-order valence-electron chi connectivity index (χ0n) is 13.5. The second kappa shape index (κ2) is 7.08. The normalized spacial score (nSPS) is 24.7. The van der Waals surface area contributed by atoms with E-state index < -0.39 is 0 Å². The predicted molar refractivity (Wildman–Crippen MR) is 84.7 cm³/mol. The third kappa shape index (κ3) is 3.69. The fraction of sp³-hybridized carbons (Fsp3) is 0.588. The van der Waals surface area contributed by atoms with E-state index in [-0.39, 0.29) is 24.0 Å².